The van der Waals surface area contributed by atoms with Gasteiger partial charge in [-0.3, -0.25) is 0 Å². The van der Waals surface area contributed by atoms with Crippen molar-refractivity contribution in [1.82, 2.24) is 0 Å². The Bertz CT molecular complexity index is 244. The number of ether oxygens (including phenoxy) is 1. The number of nitrogens with zero attached hydrogens (tertiary/aromatic N) is 3. The minimum Gasteiger partial charge on any atom is -0.394 e. The van der Waals surface area contributed by atoms with E-state index in [-0.39, 0.29) is 0 Å². The lowest BCUT2D eigenvalue weighted by molar-refractivity contribution is -0.248. The molecule has 8 nitrogen and oxygen atoms in total. The maximum Gasteiger partial charge on any atom is 0.166 e. The zero-order valence-electron chi connectivity index (χ0n) is 7.13. The van der Waals surface area contributed by atoms with Gasteiger partial charge in [-0.2, -0.15) is 0 Å². The van der Waals surface area contributed by atoms with E-state index in [1.54, 1.807) is 0 Å². The fourth-order valence-electron chi connectivity index (χ4n) is 1.27. The van der Waals surface area contributed by atoms with Crippen LogP contribution in [0.3, 0.4) is 0 Å². The molecule has 1 heterocycles. The molecule has 8 heteroatoms. The van der Waals surface area contributed by atoms with Crippen molar-refractivity contribution in [1.29, 1.82) is 0 Å². The van der Waals surface area contributed by atoms with Crippen LogP contribution in [0, 0.1) is 0 Å². The normalized spacial score (nSPS) is 43.0. The van der Waals surface area contributed by atoms with Crippen molar-refractivity contribution in [2.75, 3.05) is 6.61 Å². The van der Waals surface area contributed by atoms with Gasteiger partial charge in [0.1, 0.15) is 18.2 Å². The summed E-state index contributed by atoms with van der Waals surface area (Å²) in [5.41, 5.74) is 8.11. The van der Waals surface area contributed by atoms with E-state index in [1.807, 2.05) is 0 Å². The van der Waals surface area contributed by atoms with E-state index >= 15 is 0 Å². The molecule has 0 unspecified atom stereocenters. The summed E-state index contributed by atoms with van der Waals surface area (Å²) in [5, 5.41) is 39.7. The zero-order chi connectivity index (χ0) is 10.7. The summed E-state index contributed by atoms with van der Waals surface area (Å²) < 4.78 is 4.71. The highest BCUT2D eigenvalue weighted by molar-refractivity contribution is 4.92. The first-order valence-electron chi connectivity index (χ1n) is 3.96. The highest BCUT2D eigenvalue weighted by Crippen LogP contribution is 2.21. The number of hydrogen-bond donors (Lipinski definition) is 4. The largest absolute Gasteiger partial charge is 0.394 e. The van der Waals surface area contributed by atoms with Crippen LogP contribution in [0.2, 0.25) is 0 Å². The van der Waals surface area contributed by atoms with Gasteiger partial charge in [0.2, 0.25) is 0 Å². The Morgan fingerprint density at radius 1 is 1.29 bits per heavy atom. The van der Waals surface area contributed by atoms with Crippen LogP contribution in [0.5, 0.6) is 0 Å². The smallest absolute Gasteiger partial charge is 0.166 e. The quantitative estimate of drug-likeness (QED) is 0.237. The van der Waals surface area contributed by atoms with Crippen LogP contribution in [-0.2, 0) is 4.74 Å². The van der Waals surface area contributed by atoms with Crippen LogP contribution in [0.1, 0.15) is 0 Å². The molecule has 0 amide bonds. The van der Waals surface area contributed by atoms with Gasteiger partial charge in [-0.1, -0.05) is 5.11 Å². The number of azide groups is 1. The Morgan fingerprint density at radius 3 is 2.43 bits per heavy atom. The lowest BCUT2D eigenvalue weighted by Gasteiger charge is -2.37. The zero-order valence-corrected chi connectivity index (χ0v) is 7.13. The Morgan fingerprint density at radius 2 is 1.93 bits per heavy atom. The average molecular weight is 205 g/mol. The van der Waals surface area contributed by atoms with Gasteiger partial charge in [0.05, 0.1) is 12.7 Å². The highest BCUT2D eigenvalue weighted by atomic mass is 16.6. The molecular formula is C6H11N3O5. The maximum atomic E-state index is 9.37. The van der Waals surface area contributed by atoms with Gasteiger partial charge in [-0.05, 0) is 5.53 Å². The first-order chi connectivity index (χ1) is 6.61. The lowest BCUT2D eigenvalue weighted by atomic mass is 9.98. The Hall–Kier alpha value is -0.890. The first kappa shape index (κ1) is 11.2. The minimum atomic E-state index is -1.53. The average Bonchev–Trinajstić information content (AvgIpc) is 2.18. The predicted molar refractivity (Wildman–Crippen MR) is 42.9 cm³/mol. The van der Waals surface area contributed by atoms with Crippen LogP contribution in [-0.4, -0.2) is 57.7 Å². The van der Waals surface area contributed by atoms with Crippen molar-refractivity contribution in [3.63, 3.8) is 0 Å². The summed E-state index contributed by atoms with van der Waals surface area (Å²) in [5.74, 6) is 0. The van der Waals surface area contributed by atoms with Gasteiger partial charge in [0.15, 0.2) is 6.29 Å². The van der Waals surface area contributed by atoms with Crippen molar-refractivity contribution < 1.29 is 25.2 Å². The van der Waals surface area contributed by atoms with Crippen LogP contribution >= 0.6 is 0 Å². The summed E-state index contributed by atoms with van der Waals surface area (Å²) in [6.45, 7) is -0.543. The fraction of sp³-hybridized carbons (Fsp3) is 1.00. The molecule has 0 aromatic rings. The maximum absolute atomic E-state index is 9.37. The second-order valence-electron chi connectivity index (χ2n) is 2.92. The summed E-state index contributed by atoms with van der Waals surface area (Å²) in [6.07, 6.45) is -5.45. The van der Waals surface area contributed by atoms with E-state index in [0.717, 1.165) is 0 Å². The molecule has 0 bridgehead atoms. The standard InChI is InChI=1S/C6H11N3O5/c7-9-8-3-5(12)4(11)2(1-10)14-6(3)13/h2-6,10-13H,1H2/t2-,3-,4-,5-,6+/m1/s1. The molecule has 0 radical (unpaired) electrons. The second kappa shape index (κ2) is 4.56. The number of aliphatic hydroxyl groups is 4. The molecule has 1 aliphatic rings. The van der Waals surface area contributed by atoms with Gasteiger partial charge in [0, 0.05) is 4.91 Å². The third kappa shape index (κ3) is 1.95. The molecule has 0 aromatic heterocycles. The summed E-state index contributed by atoms with van der Waals surface area (Å²) in [7, 11) is 0. The van der Waals surface area contributed by atoms with Gasteiger partial charge in [-0.25, -0.2) is 0 Å². The van der Waals surface area contributed by atoms with E-state index in [2.05, 4.69) is 10.0 Å². The van der Waals surface area contributed by atoms with Crippen molar-refractivity contribution in [3.05, 3.63) is 10.4 Å². The summed E-state index contributed by atoms with van der Waals surface area (Å²) >= 11 is 0. The van der Waals surface area contributed by atoms with Crippen molar-refractivity contribution in [3.8, 4) is 0 Å². The lowest BCUT2D eigenvalue weighted by Crippen LogP contribution is -2.57. The molecule has 0 spiro atoms. The van der Waals surface area contributed by atoms with Crippen molar-refractivity contribution >= 4 is 0 Å². The molecule has 80 valence electrons. The molecule has 14 heavy (non-hydrogen) atoms. The minimum absolute atomic E-state index is 0.543. The second-order valence-corrected chi connectivity index (χ2v) is 2.92. The van der Waals surface area contributed by atoms with Crippen LogP contribution in [0.15, 0.2) is 5.11 Å². The fourth-order valence-corrected chi connectivity index (χ4v) is 1.27. The third-order valence-electron chi connectivity index (χ3n) is 2.05. The topological polar surface area (TPSA) is 139 Å². The molecule has 4 N–H and O–H groups in total. The highest BCUT2D eigenvalue weighted by Gasteiger charge is 2.43. The molecule has 0 saturated carbocycles. The Balaban J connectivity index is 2.78. The molecule has 1 fully saturated rings. The Labute approximate surface area is 79.0 Å². The first-order valence-corrected chi connectivity index (χ1v) is 3.96. The van der Waals surface area contributed by atoms with E-state index in [9.17, 15) is 15.3 Å². The number of hydrogen-bond acceptors (Lipinski definition) is 6. The van der Waals surface area contributed by atoms with Crippen LogP contribution < -0.4 is 0 Å². The van der Waals surface area contributed by atoms with Gasteiger partial charge in [0.25, 0.3) is 0 Å². The molecule has 1 aliphatic heterocycles. The number of aliphatic hydroxyl groups excluding tert-OH is 4. The van der Waals surface area contributed by atoms with E-state index in [0.29, 0.717) is 0 Å². The van der Waals surface area contributed by atoms with Gasteiger partial charge in [-0.15, -0.1) is 0 Å². The molecule has 5 atom stereocenters. The van der Waals surface area contributed by atoms with E-state index in [4.69, 9.17) is 15.4 Å². The van der Waals surface area contributed by atoms with E-state index in [1.165, 1.54) is 0 Å². The SMILES string of the molecule is [N-]=[N+]=N[C@@H]1[C@@H](O)[C@H](O)[C@@H](CO)O[C@@H]1O. The molecule has 1 rings (SSSR count). The van der Waals surface area contributed by atoms with E-state index < -0.39 is 37.3 Å². The molecule has 1 saturated heterocycles. The third-order valence-corrected chi connectivity index (χ3v) is 2.05. The monoisotopic (exact) mass is 205 g/mol. The van der Waals surface area contributed by atoms with Crippen LogP contribution in [0.4, 0.5) is 0 Å². The van der Waals surface area contributed by atoms with Gasteiger partial charge < -0.3 is 25.2 Å². The summed E-state index contributed by atoms with van der Waals surface area (Å²) in [6, 6.07) is -1.27. The Kier molecular flexibility index (Phi) is 3.64. The molecule has 0 aromatic carbocycles. The van der Waals surface area contributed by atoms with Crippen LogP contribution in [0.25, 0.3) is 10.4 Å². The molecule has 0 aliphatic carbocycles. The number of rotatable bonds is 2. The van der Waals surface area contributed by atoms with Crippen molar-refractivity contribution in [2.45, 2.75) is 30.6 Å². The summed E-state index contributed by atoms with van der Waals surface area (Å²) in [4.78, 5) is 2.40. The van der Waals surface area contributed by atoms with Crippen molar-refractivity contribution in [2.24, 2.45) is 5.11 Å². The predicted octanol–water partition coefficient (Wildman–Crippen LogP) is -1.90. The molecular weight excluding hydrogens is 194 g/mol. The van der Waals surface area contributed by atoms with Gasteiger partial charge >= 0.3 is 0 Å².